The zero-order valence-electron chi connectivity index (χ0n) is 10.8. The highest BCUT2D eigenvalue weighted by Gasteiger charge is 2.17. The van der Waals surface area contributed by atoms with Crippen molar-refractivity contribution in [3.63, 3.8) is 0 Å². The minimum atomic E-state index is -0.328. The van der Waals surface area contributed by atoms with E-state index < -0.39 is 0 Å². The maximum Gasteiger partial charge on any atom is 0.262 e. The minimum absolute atomic E-state index is 0.0902. The van der Waals surface area contributed by atoms with Crippen LogP contribution < -0.4 is 5.32 Å². The molecule has 0 spiro atoms. The second kappa shape index (κ2) is 6.50. The molecular formula is C14H16N2O2S. The Labute approximate surface area is 116 Å². The average molecular weight is 276 g/mol. The number of hydrogen-bond acceptors (Lipinski definition) is 4. The number of aryl methyl sites for hydroxylation is 1. The number of thiophene rings is 1. The fraction of sp³-hybridized carbons (Fsp3) is 0.429. The van der Waals surface area contributed by atoms with Gasteiger partial charge in [-0.2, -0.15) is 5.26 Å². The molecule has 19 heavy (non-hydrogen) atoms. The van der Waals surface area contributed by atoms with Gasteiger partial charge < -0.3 is 10.1 Å². The molecule has 1 aromatic heterocycles. The van der Waals surface area contributed by atoms with Crippen molar-refractivity contribution in [3.05, 3.63) is 27.5 Å². The normalized spacial score (nSPS) is 19.2. The summed E-state index contributed by atoms with van der Waals surface area (Å²) >= 11 is 1.52. The van der Waals surface area contributed by atoms with E-state index in [2.05, 4.69) is 5.32 Å². The molecule has 1 aromatic rings. The standard InChI is InChI=1S/C14H16N2O2S/c1-10-4-6-19-13(10)7-11(8-15)14(17)16-9-12-3-2-5-18-12/h4,6-7,12H,2-3,5,9H2,1H3,(H,16,17)/b11-7+. The highest BCUT2D eigenvalue weighted by atomic mass is 32.1. The summed E-state index contributed by atoms with van der Waals surface area (Å²) in [5, 5.41) is 13.8. The highest BCUT2D eigenvalue weighted by Crippen LogP contribution is 2.19. The van der Waals surface area contributed by atoms with Gasteiger partial charge in [0.15, 0.2) is 0 Å². The van der Waals surface area contributed by atoms with E-state index in [1.54, 1.807) is 6.08 Å². The summed E-state index contributed by atoms with van der Waals surface area (Å²) in [6, 6.07) is 3.93. The molecule has 0 radical (unpaired) electrons. The monoisotopic (exact) mass is 276 g/mol. The number of carbonyl (C=O) groups is 1. The first kappa shape index (κ1) is 13.8. The number of hydrogen-bond donors (Lipinski definition) is 1. The maximum absolute atomic E-state index is 11.9. The molecule has 0 saturated carbocycles. The van der Waals surface area contributed by atoms with Crippen LogP contribution >= 0.6 is 11.3 Å². The first-order valence-corrected chi connectivity index (χ1v) is 7.14. The van der Waals surface area contributed by atoms with E-state index in [0.29, 0.717) is 6.54 Å². The van der Waals surface area contributed by atoms with Gasteiger partial charge in [0.25, 0.3) is 5.91 Å². The van der Waals surface area contributed by atoms with Crippen molar-refractivity contribution in [1.82, 2.24) is 5.32 Å². The van der Waals surface area contributed by atoms with Gasteiger partial charge in [0.05, 0.1) is 6.10 Å². The van der Waals surface area contributed by atoms with E-state index in [0.717, 1.165) is 29.9 Å². The Balaban J connectivity index is 1.97. The predicted molar refractivity (Wildman–Crippen MR) is 74.6 cm³/mol. The first-order chi connectivity index (χ1) is 9.20. The molecule has 1 saturated heterocycles. The molecule has 1 fully saturated rings. The number of carbonyl (C=O) groups excluding carboxylic acids is 1. The highest BCUT2D eigenvalue weighted by molar-refractivity contribution is 7.11. The molecule has 1 unspecified atom stereocenters. The van der Waals surface area contributed by atoms with E-state index in [4.69, 9.17) is 10.00 Å². The molecule has 2 rings (SSSR count). The van der Waals surface area contributed by atoms with Crippen LogP contribution in [-0.2, 0) is 9.53 Å². The number of nitrogens with one attached hydrogen (secondary N) is 1. The Morgan fingerprint density at radius 2 is 2.58 bits per heavy atom. The van der Waals surface area contributed by atoms with Crippen LogP contribution in [0.15, 0.2) is 17.0 Å². The number of nitrogens with zero attached hydrogens (tertiary/aromatic N) is 1. The van der Waals surface area contributed by atoms with E-state index in [1.807, 2.05) is 24.4 Å². The van der Waals surface area contributed by atoms with Crippen molar-refractivity contribution in [2.75, 3.05) is 13.2 Å². The SMILES string of the molecule is Cc1ccsc1/C=C(\C#N)C(=O)NCC1CCCO1. The van der Waals surface area contributed by atoms with Crippen LogP contribution in [0, 0.1) is 18.3 Å². The van der Waals surface area contributed by atoms with Gasteiger partial charge in [0.1, 0.15) is 11.6 Å². The van der Waals surface area contributed by atoms with Crippen LogP contribution in [0.5, 0.6) is 0 Å². The minimum Gasteiger partial charge on any atom is -0.376 e. The fourth-order valence-corrected chi connectivity index (χ4v) is 2.78. The molecule has 1 aliphatic rings. The molecule has 100 valence electrons. The van der Waals surface area contributed by atoms with Gasteiger partial charge in [0, 0.05) is 18.0 Å². The number of ether oxygens (including phenoxy) is 1. The Kier molecular flexibility index (Phi) is 4.72. The molecule has 1 amide bonds. The summed E-state index contributed by atoms with van der Waals surface area (Å²) in [5.74, 6) is -0.328. The third-order valence-corrected chi connectivity index (χ3v) is 4.02. The summed E-state index contributed by atoms with van der Waals surface area (Å²) in [6.07, 6.45) is 3.74. The van der Waals surface area contributed by atoms with Crippen LogP contribution in [0.1, 0.15) is 23.3 Å². The van der Waals surface area contributed by atoms with E-state index >= 15 is 0 Å². The van der Waals surface area contributed by atoms with Crippen molar-refractivity contribution >= 4 is 23.3 Å². The Hall–Kier alpha value is -1.64. The lowest BCUT2D eigenvalue weighted by molar-refractivity contribution is -0.117. The van der Waals surface area contributed by atoms with E-state index in [1.165, 1.54) is 11.3 Å². The topological polar surface area (TPSA) is 62.1 Å². The zero-order chi connectivity index (χ0) is 13.7. The van der Waals surface area contributed by atoms with Crippen LogP contribution in [0.2, 0.25) is 0 Å². The Morgan fingerprint density at radius 1 is 1.74 bits per heavy atom. The number of nitriles is 1. The van der Waals surface area contributed by atoms with Gasteiger partial charge >= 0.3 is 0 Å². The van der Waals surface area contributed by atoms with Crippen molar-refractivity contribution in [1.29, 1.82) is 5.26 Å². The summed E-state index contributed by atoms with van der Waals surface area (Å²) in [7, 11) is 0. The largest absolute Gasteiger partial charge is 0.376 e. The molecule has 4 nitrogen and oxygen atoms in total. The molecule has 1 atom stereocenters. The van der Waals surface area contributed by atoms with Crippen molar-refractivity contribution in [2.45, 2.75) is 25.9 Å². The molecule has 2 heterocycles. The molecule has 0 bridgehead atoms. The van der Waals surface area contributed by atoms with Gasteiger partial charge in [-0.05, 0) is 42.9 Å². The van der Waals surface area contributed by atoms with Crippen LogP contribution in [0.3, 0.4) is 0 Å². The molecule has 0 aromatic carbocycles. The molecule has 5 heteroatoms. The van der Waals surface area contributed by atoms with E-state index in [-0.39, 0.29) is 17.6 Å². The predicted octanol–water partition coefficient (Wildman–Crippen LogP) is 2.26. The van der Waals surface area contributed by atoms with Crippen molar-refractivity contribution in [3.8, 4) is 6.07 Å². The number of amides is 1. The van der Waals surface area contributed by atoms with Gasteiger partial charge in [-0.3, -0.25) is 4.79 Å². The van der Waals surface area contributed by atoms with Gasteiger partial charge in [-0.1, -0.05) is 0 Å². The summed E-state index contributed by atoms with van der Waals surface area (Å²) in [6.45, 7) is 3.19. The lowest BCUT2D eigenvalue weighted by atomic mass is 10.2. The second-order valence-corrected chi connectivity index (χ2v) is 5.43. The number of rotatable bonds is 4. The van der Waals surface area contributed by atoms with Gasteiger partial charge in [-0.15, -0.1) is 11.3 Å². The van der Waals surface area contributed by atoms with Crippen LogP contribution in [0.25, 0.3) is 6.08 Å². The van der Waals surface area contributed by atoms with Crippen molar-refractivity contribution in [2.24, 2.45) is 0 Å². The van der Waals surface area contributed by atoms with Crippen LogP contribution in [-0.4, -0.2) is 25.2 Å². The lowest BCUT2D eigenvalue weighted by Crippen LogP contribution is -2.32. The van der Waals surface area contributed by atoms with E-state index in [9.17, 15) is 4.79 Å². The Morgan fingerprint density at radius 3 is 3.16 bits per heavy atom. The summed E-state index contributed by atoms with van der Waals surface area (Å²) in [5.41, 5.74) is 1.22. The third kappa shape index (κ3) is 3.66. The molecular weight excluding hydrogens is 260 g/mol. The second-order valence-electron chi connectivity index (χ2n) is 4.48. The molecule has 1 N–H and O–H groups in total. The fourth-order valence-electron chi connectivity index (χ4n) is 1.92. The van der Waals surface area contributed by atoms with Gasteiger partial charge in [-0.25, -0.2) is 0 Å². The smallest absolute Gasteiger partial charge is 0.262 e. The quantitative estimate of drug-likeness (QED) is 0.677. The Bertz CT molecular complexity index is 522. The summed E-state index contributed by atoms with van der Waals surface area (Å²) in [4.78, 5) is 12.9. The third-order valence-electron chi connectivity index (χ3n) is 3.06. The zero-order valence-corrected chi connectivity index (χ0v) is 11.6. The lowest BCUT2D eigenvalue weighted by Gasteiger charge is -2.10. The maximum atomic E-state index is 11.9. The summed E-state index contributed by atoms with van der Waals surface area (Å²) < 4.78 is 5.43. The molecule has 1 aliphatic heterocycles. The van der Waals surface area contributed by atoms with Crippen LogP contribution in [0.4, 0.5) is 0 Å². The first-order valence-electron chi connectivity index (χ1n) is 6.26. The average Bonchev–Trinajstić information content (AvgIpc) is 3.05. The molecule has 0 aliphatic carbocycles. The van der Waals surface area contributed by atoms with Gasteiger partial charge in [0.2, 0.25) is 0 Å². The van der Waals surface area contributed by atoms with Crippen molar-refractivity contribution < 1.29 is 9.53 Å².